The molecule has 0 aliphatic carbocycles. The van der Waals surface area contributed by atoms with Crippen molar-refractivity contribution in [3.05, 3.63) is 86.5 Å². The Morgan fingerprint density at radius 2 is 1.75 bits per heavy atom. The first-order valence-electron chi connectivity index (χ1n) is 8.20. The second-order valence-electron chi connectivity index (χ2n) is 6.13. The first-order chi connectivity index (χ1) is 13.2. The predicted molar refractivity (Wildman–Crippen MR) is 95.7 cm³/mol. The normalized spacial score (nSPS) is 11.6. The molecule has 0 radical (unpaired) electrons. The Bertz CT molecular complexity index is 1040. The van der Waals surface area contributed by atoms with Gasteiger partial charge in [-0.25, -0.2) is 13.1 Å². The lowest BCUT2D eigenvalue weighted by Gasteiger charge is -2.08. The summed E-state index contributed by atoms with van der Waals surface area (Å²) in [5, 5.41) is 0.282. The van der Waals surface area contributed by atoms with Gasteiger partial charge in [0.1, 0.15) is 16.6 Å². The van der Waals surface area contributed by atoms with Crippen molar-refractivity contribution in [1.29, 1.82) is 0 Å². The topological polar surface area (TPSA) is 52.0 Å². The molecular formula is C19H14F4N2O2S. The second kappa shape index (κ2) is 8.05. The first-order valence-corrected chi connectivity index (χ1v) is 8.97. The van der Waals surface area contributed by atoms with E-state index in [1.165, 1.54) is 40.4 Å². The number of ketones is 1. The average Bonchev–Trinajstić information content (AvgIpc) is 2.95. The highest BCUT2D eigenvalue weighted by molar-refractivity contribution is 7.06. The van der Waals surface area contributed by atoms with Crippen molar-refractivity contribution in [3.63, 3.8) is 0 Å². The Labute approximate surface area is 161 Å². The number of hydrogen-bond donors (Lipinski definition) is 0. The fraction of sp³-hybridized carbons (Fsp3) is 0.211. The van der Waals surface area contributed by atoms with E-state index in [9.17, 15) is 27.2 Å². The maximum Gasteiger partial charge on any atom is 0.416 e. The molecule has 0 atom stereocenters. The zero-order valence-electron chi connectivity index (χ0n) is 14.4. The third-order valence-electron chi connectivity index (χ3n) is 3.89. The summed E-state index contributed by atoms with van der Waals surface area (Å²) in [5.41, 5.74) is -0.462. The quantitative estimate of drug-likeness (QED) is 0.580. The molecule has 0 aliphatic heterocycles. The maximum atomic E-state index is 12.9. The minimum Gasteiger partial charge on any atom is -0.299 e. The molecule has 0 spiro atoms. The molecule has 4 nitrogen and oxygen atoms in total. The molecule has 0 amide bonds. The SMILES string of the molecule is O=C(Cc1ccc(F)cc1)Cc1nc(=O)n(Cc2cccc(C(F)(F)F)c2)s1. The van der Waals surface area contributed by atoms with Gasteiger partial charge >= 0.3 is 11.9 Å². The molecule has 0 saturated heterocycles. The lowest BCUT2D eigenvalue weighted by molar-refractivity contribution is -0.137. The van der Waals surface area contributed by atoms with E-state index in [1.54, 1.807) is 0 Å². The molecule has 1 aromatic heterocycles. The summed E-state index contributed by atoms with van der Waals surface area (Å²) < 4.78 is 52.5. The minimum atomic E-state index is -4.47. The van der Waals surface area contributed by atoms with Crippen molar-refractivity contribution in [2.75, 3.05) is 0 Å². The highest BCUT2D eigenvalue weighted by Gasteiger charge is 2.30. The number of Topliss-reactive ketones (excluding diaryl/α,β-unsaturated/α-hetero) is 1. The Morgan fingerprint density at radius 1 is 1.04 bits per heavy atom. The van der Waals surface area contributed by atoms with Gasteiger partial charge in [0, 0.05) is 6.42 Å². The summed E-state index contributed by atoms with van der Waals surface area (Å²) in [6.07, 6.45) is -4.47. The van der Waals surface area contributed by atoms with Crippen LogP contribution in [0.5, 0.6) is 0 Å². The summed E-state index contributed by atoms with van der Waals surface area (Å²) in [6, 6.07) is 10.2. The predicted octanol–water partition coefficient (Wildman–Crippen LogP) is 3.87. The lowest BCUT2D eigenvalue weighted by Crippen LogP contribution is -2.16. The molecule has 146 valence electrons. The van der Waals surface area contributed by atoms with Crippen LogP contribution in [0.4, 0.5) is 17.6 Å². The van der Waals surface area contributed by atoms with Crippen LogP contribution in [-0.4, -0.2) is 14.7 Å². The molecule has 9 heteroatoms. The van der Waals surface area contributed by atoms with E-state index in [-0.39, 0.29) is 30.2 Å². The van der Waals surface area contributed by atoms with Crippen molar-refractivity contribution in [2.45, 2.75) is 25.6 Å². The third kappa shape index (κ3) is 5.13. The van der Waals surface area contributed by atoms with Crippen molar-refractivity contribution >= 4 is 17.3 Å². The van der Waals surface area contributed by atoms with E-state index in [1.807, 2.05) is 0 Å². The van der Waals surface area contributed by atoms with E-state index >= 15 is 0 Å². The Balaban J connectivity index is 1.68. The Kier molecular flexibility index (Phi) is 5.73. The summed E-state index contributed by atoms with van der Waals surface area (Å²) in [4.78, 5) is 27.9. The first kappa shape index (κ1) is 19.9. The average molecular weight is 410 g/mol. The molecule has 0 N–H and O–H groups in total. The molecule has 0 bridgehead atoms. The molecule has 3 rings (SSSR count). The van der Waals surface area contributed by atoms with Crippen molar-refractivity contribution in [1.82, 2.24) is 8.94 Å². The largest absolute Gasteiger partial charge is 0.416 e. The van der Waals surface area contributed by atoms with Crippen LogP contribution < -0.4 is 5.69 Å². The van der Waals surface area contributed by atoms with Crippen LogP contribution in [0.25, 0.3) is 0 Å². The second-order valence-corrected chi connectivity index (χ2v) is 7.23. The Morgan fingerprint density at radius 3 is 2.43 bits per heavy atom. The standard InChI is InChI=1S/C19H14F4N2O2S/c20-15-6-4-12(5-7-15)9-16(26)10-17-24-18(27)25(28-17)11-13-2-1-3-14(8-13)19(21,22)23/h1-8H,9-11H2. The molecule has 0 unspecified atom stereocenters. The van der Waals surface area contributed by atoms with Gasteiger partial charge in [-0.05, 0) is 46.9 Å². The van der Waals surface area contributed by atoms with Gasteiger partial charge in [0.15, 0.2) is 0 Å². The number of rotatable bonds is 6. The third-order valence-corrected chi connectivity index (χ3v) is 4.84. The number of aromatic nitrogens is 2. The smallest absolute Gasteiger partial charge is 0.299 e. The van der Waals surface area contributed by atoms with Gasteiger partial charge in [0.05, 0.1) is 18.5 Å². The number of halogens is 4. The molecule has 0 aliphatic rings. The lowest BCUT2D eigenvalue weighted by atomic mass is 10.1. The number of benzene rings is 2. The van der Waals surface area contributed by atoms with Gasteiger partial charge in [-0.3, -0.25) is 4.79 Å². The van der Waals surface area contributed by atoms with Gasteiger partial charge in [-0.1, -0.05) is 24.3 Å². The van der Waals surface area contributed by atoms with Crippen LogP contribution in [0.3, 0.4) is 0 Å². The molecule has 0 saturated carbocycles. The highest BCUT2D eigenvalue weighted by Crippen LogP contribution is 2.29. The summed E-state index contributed by atoms with van der Waals surface area (Å²) in [6.45, 7) is -0.0629. The molecule has 0 fully saturated rings. The highest BCUT2D eigenvalue weighted by atomic mass is 32.1. The van der Waals surface area contributed by atoms with E-state index in [2.05, 4.69) is 4.98 Å². The van der Waals surface area contributed by atoms with E-state index in [0.717, 1.165) is 23.7 Å². The van der Waals surface area contributed by atoms with Crippen molar-refractivity contribution in [2.24, 2.45) is 0 Å². The molecule has 3 aromatic rings. The van der Waals surface area contributed by atoms with E-state index in [0.29, 0.717) is 11.1 Å². The summed E-state index contributed by atoms with van der Waals surface area (Å²) >= 11 is 0.940. The fourth-order valence-corrected chi connectivity index (χ4v) is 3.53. The zero-order chi connectivity index (χ0) is 20.3. The number of carbonyl (C=O) groups excluding carboxylic acids is 1. The fourth-order valence-electron chi connectivity index (χ4n) is 2.59. The van der Waals surface area contributed by atoms with Crippen LogP contribution in [0.1, 0.15) is 21.7 Å². The zero-order valence-corrected chi connectivity index (χ0v) is 15.2. The van der Waals surface area contributed by atoms with Gasteiger partial charge in [-0.15, -0.1) is 0 Å². The van der Waals surface area contributed by atoms with Crippen LogP contribution >= 0.6 is 11.5 Å². The summed E-state index contributed by atoms with van der Waals surface area (Å²) in [7, 11) is 0. The van der Waals surface area contributed by atoms with Gasteiger partial charge in [0.2, 0.25) is 0 Å². The number of nitrogens with zero attached hydrogens (tertiary/aromatic N) is 2. The van der Waals surface area contributed by atoms with Crippen LogP contribution in [-0.2, 0) is 30.4 Å². The van der Waals surface area contributed by atoms with Gasteiger partial charge in [-0.2, -0.15) is 18.2 Å². The van der Waals surface area contributed by atoms with Crippen LogP contribution in [0.15, 0.2) is 53.3 Å². The van der Waals surface area contributed by atoms with E-state index in [4.69, 9.17) is 0 Å². The molecular weight excluding hydrogens is 396 g/mol. The molecule has 2 aromatic carbocycles. The number of carbonyl (C=O) groups is 1. The monoisotopic (exact) mass is 410 g/mol. The van der Waals surface area contributed by atoms with E-state index < -0.39 is 23.2 Å². The molecule has 28 heavy (non-hydrogen) atoms. The van der Waals surface area contributed by atoms with Crippen molar-refractivity contribution in [3.8, 4) is 0 Å². The van der Waals surface area contributed by atoms with Crippen LogP contribution in [0.2, 0.25) is 0 Å². The van der Waals surface area contributed by atoms with Crippen LogP contribution in [0, 0.1) is 5.82 Å². The number of alkyl halides is 3. The Hall–Kier alpha value is -2.81. The maximum absolute atomic E-state index is 12.9. The van der Waals surface area contributed by atoms with Crippen molar-refractivity contribution < 1.29 is 22.4 Å². The minimum absolute atomic E-state index is 0.0629. The van der Waals surface area contributed by atoms with Gasteiger partial charge in [0.25, 0.3) is 0 Å². The molecule has 1 heterocycles. The number of hydrogen-bond acceptors (Lipinski definition) is 4. The summed E-state index contributed by atoms with van der Waals surface area (Å²) in [5.74, 6) is -0.602. The van der Waals surface area contributed by atoms with Gasteiger partial charge < -0.3 is 0 Å².